The molecule has 2 N–H and O–H groups in total. The Kier molecular flexibility index (Phi) is 7.14. The van der Waals surface area contributed by atoms with Gasteiger partial charge in [-0.2, -0.15) is 0 Å². The lowest BCUT2D eigenvalue weighted by atomic mass is 9.99. The van der Waals surface area contributed by atoms with Gasteiger partial charge in [0.25, 0.3) is 17.5 Å². The minimum atomic E-state index is -0.664. The van der Waals surface area contributed by atoms with Crippen molar-refractivity contribution in [1.29, 1.82) is 0 Å². The van der Waals surface area contributed by atoms with Gasteiger partial charge in [-0.3, -0.25) is 29.4 Å². The van der Waals surface area contributed by atoms with Crippen LogP contribution in [-0.4, -0.2) is 53.7 Å². The molecule has 38 heavy (non-hydrogen) atoms. The van der Waals surface area contributed by atoms with Crippen LogP contribution in [0.1, 0.15) is 45.2 Å². The second-order valence-corrected chi connectivity index (χ2v) is 9.29. The second-order valence-electron chi connectivity index (χ2n) is 9.29. The monoisotopic (exact) mass is 513 g/mol. The highest BCUT2D eigenvalue weighted by atomic mass is 16.6. The molecule has 10 heteroatoms. The molecule has 5 rings (SSSR count). The standard InChI is InChI=1S/C28H27N5O5/c34-26-18-25(19-6-2-1-3-7-19)32(28(36)20-8-4-9-22(16-20)33(37)38)24-11-10-21(17-23(24)30-26)27(35)31-14-5-12-29-13-15-31/h1-4,6-11,16-17,25,29H,5,12-15,18H2,(H,30,34). The molecule has 3 aromatic carbocycles. The summed E-state index contributed by atoms with van der Waals surface area (Å²) in [5.41, 5.74) is 1.82. The number of carbonyl (C=O) groups excluding carboxylic acids is 3. The lowest BCUT2D eigenvalue weighted by Gasteiger charge is -2.31. The molecule has 1 saturated heterocycles. The van der Waals surface area contributed by atoms with Crippen LogP contribution in [0, 0.1) is 10.1 Å². The summed E-state index contributed by atoms with van der Waals surface area (Å²) in [4.78, 5) is 54.4. The summed E-state index contributed by atoms with van der Waals surface area (Å²) < 4.78 is 0. The zero-order valence-electron chi connectivity index (χ0n) is 20.6. The Morgan fingerprint density at radius 1 is 0.895 bits per heavy atom. The predicted molar refractivity (Wildman–Crippen MR) is 142 cm³/mol. The van der Waals surface area contributed by atoms with E-state index in [9.17, 15) is 24.5 Å². The van der Waals surface area contributed by atoms with Gasteiger partial charge in [-0.15, -0.1) is 0 Å². The predicted octanol–water partition coefficient (Wildman–Crippen LogP) is 3.76. The van der Waals surface area contributed by atoms with Gasteiger partial charge in [-0.05, 0) is 42.8 Å². The topological polar surface area (TPSA) is 125 Å². The maximum absolute atomic E-state index is 14.0. The molecule has 3 amide bonds. The van der Waals surface area contributed by atoms with E-state index in [1.165, 1.54) is 29.2 Å². The molecule has 1 fully saturated rings. The van der Waals surface area contributed by atoms with Crippen molar-refractivity contribution in [3.8, 4) is 0 Å². The van der Waals surface area contributed by atoms with Gasteiger partial charge in [0.15, 0.2) is 0 Å². The Morgan fingerprint density at radius 2 is 1.68 bits per heavy atom. The normalized spacial score (nSPS) is 17.6. The summed E-state index contributed by atoms with van der Waals surface area (Å²) in [6, 6.07) is 19.0. The summed E-state index contributed by atoms with van der Waals surface area (Å²) in [6.45, 7) is 2.76. The first-order valence-corrected chi connectivity index (χ1v) is 12.5. The molecule has 2 heterocycles. The number of hydrogen-bond acceptors (Lipinski definition) is 6. The molecule has 1 unspecified atom stereocenters. The van der Waals surface area contributed by atoms with Crippen LogP contribution in [0.15, 0.2) is 72.8 Å². The molecular formula is C28H27N5O5. The third-order valence-electron chi connectivity index (χ3n) is 6.80. The van der Waals surface area contributed by atoms with Crippen LogP contribution in [0.2, 0.25) is 0 Å². The Bertz CT molecular complexity index is 1390. The van der Waals surface area contributed by atoms with E-state index in [1.54, 1.807) is 23.1 Å². The zero-order valence-corrected chi connectivity index (χ0v) is 20.6. The fraction of sp³-hybridized carbons (Fsp3) is 0.250. The molecule has 0 bridgehead atoms. The van der Waals surface area contributed by atoms with Crippen molar-refractivity contribution < 1.29 is 19.3 Å². The molecule has 2 aliphatic rings. The second kappa shape index (κ2) is 10.8. The van der Waals surface area contributed by atoms with E-state index in [0.29, 0.717) is 36.6 Å². The minimum Gasteiger partial charge on any atom is -0.337 e. The van der Waals surface area contributed by atoms with Gasteiger partial charge in [-0.25, -0.2) is 0 Å². The fourth-order valence-corrected chi connectivity index (χ4v) is 4.93. The summed E-state index contributed by atoms with van der Waals surface area (Å²) >= 11 is 0. The van der Waals surface area contributed by atoms with Crippen molar-refractivity contribution >= 4 is 34.8 Å². The average molecular weight is 514 g/mol. The number of rotatable bonds is 4. The lowest BCUT2D eigenvalue weighted by Crippen LogP contribution is -2.35. The van der Waals surface area contributed by atoms with Gasteiger partial charge < -0.3 is 15.5 Å². The first-order valence-electron chi connectivity index (χ1n) is 12.5. The fourth-order valence-electron chi connectivity index (χ4n) is 4.93. The molecule has 194 valence electrons. The number of benzene rings is 3. The van der Waals surface area contributed by atoms with E-state index in [-0.39, 0.29) is 29.5 Å². The highest BCUT2D eigenvalue weighted by Crippen LogP contribution is 2.40. The summed E-state index contributed by atoms with van der Waals surface area (Å²) in [7, 11) is 0. The number of nitrogens with zero attached hydrogens (tertiary/aromatic N) is 3. The Morgan fingerprint density at radius 3 is 2.47 bits per heavy atom. The van der Waals surface area contributed by atoms with Crippen LogP contribution in [0.25, 0.3) is 0 Å². The molecule has 0 spiro atoms. The van der Waals surface area contributed by atoms with Crippen LogP contribution in [0.3, 0.4) is 0 Å². The van der Waals surface area contributed by atoms with E-state index in [1.807, 2.05) is 30.3 Å². The van der Waals surface area contributed by atoms with E-state index < -0.39 is 16.9 Å². The Balaban J connectivity index is 1.59. The maximum Gasteiger partial charge on any atom is 0.270 e. The third kappa shape index (κ3) is 5.12. The Hall–Kier alpha value is -4.57. The first-order chi connectivity index (χ1) is 18.4. The molecule has 0 aliphatic carbocycles. The summed E-state index contributed by atoms with van der Waals surface area (Å²) in [6.07, 6.45) is 0.818. The van der Waals surface area contributed by atoms with Crippen LogP contribution < -0.4 is 15.5 Å². The van der Waals surface area contributed by atoms with Gasteiger partial charge in [0.05, 0.1) is 28.8 Å². The van der Waals surface area contributed by atoms with Crippen molar-refractivity contribution in [3.63, 3.8) is 0 Å². The lowest BCUT2D eigenvalue weighted by molar-refractivity contribution is -0.384. The summed E-state index contributed by atoms with van der Waals surface area (Å²) in [5, 5.41) is 17.5. The van der Waals surface area contributed by atoms with Crippen molar-refractivity contribution in [1.82, 2.24) is 10.2 Å². The Labute approximate surface area is 219 Å². The number of nitrogens with one attached hydrogen (secondary N) is 2. The number of non-ortho nitro benzene ring substituents is 1. The molecule has 0 saturated carbocycles. The molecule has 1 atom stereocenters. The molecular weight excluding hydrogens is 486 g/mol. The summed E-state index contributed by atoms with van der Waals surface area (Å²) in [5.74, 6) is -0.942. The highest BCUT2D eigenvalue weighted by molar-refractivity contribution is 6.12. The van der Waals surface area contributed by atoms with Crippen molar-refractivity contribution in [2.45, 2.75) is 18.9 Å². The van der Waals surface area contributed by atoms with E-state index in [2.05, 4.69) is 10.6 Å². The van der Waals surface area contributed by atoms with Crippen molar-refractivity contribution in [3.05, 3.63) is 99.6 Å². The van der Waals surface area contributed by atoms with Crippen molar-refractivity contribution in [2.24, 2.45) is 0 Å². The third-order valence-corrected chi connectivity index (χ3v) is 6.80. The smallest absolute Gasteiger partial charge is 0.270 e. The molecule has 3 aromatic rings. The van der Waals surface area contributed by atoms with Gasteiger partial charge in [0, 0.05) is 42.9 Å². The van der Waals surface area contributed by atoms with Gasteiger partial charge in [0.2, 0.25) is 5.91 Å². The van der Waals surface area contributed by atoms with Crippen LogP contribution >= 0.6 is 0 Å². The van der Waals surface area contributed by atoms with Crippen molar-refractivity contribution in [2.75, 3.05) is 36.4 Å². The van der Waals surface area contributed by atoms with Gasteiger partial charge in [0.1, 0.15) is 0 Å². The molecule has 0 aromatic heterocycles. The van der Waals surface area contributed by atoms with Crippen LogP contribution in [-0.2, 0) is 4.79 Å². The average Bonchev–Trinajstić information content (AvgIpc) is 3.30. The number of anilines is 2. The highest BCUT2D eigenvalue weighted by Gasteiger charge is 2.35. The molecule has 2 aliphatic heterocycles. The van der Waals surface area contributed by atoms with E-state index in [0.717, 1.165) is 18.5 Å². The van der Waals surface area contributed by atoms with Crippen LogP contribution in [0.4, 0.5) is 17.1 Å². The van der Waals surface area contributed by atoms with E-state index >= 15 is 0 Å². The van der Waals surface area contributed by atoms with Crippen LogP contribution in [0.5, 0.6) is 0 Å². The number of nitro benzene ring substituents is 1. The SMILES string of the molecule is O=C1CC(c2ccccc2)N(C(=O)c2cccc([N+](=O)[O-])c2)c2ccc(C(=O)N3CCCNCC3)cc2N1. The minimum absolute atomic E-state index is 0.0273. The number of hydrogen-bond donors (Lipinski definition) is 2. The quantitative estimate of drug-likeness (QED) is 0.404. The largest absolute Gasteiger partial charge is 0.337 e. The van der Waals surface area contributed by atoms with E-state index in [4.69, 9.17) is 0 Å². The van der Waals surface area contributed by atoms with Gasteiger partial charge >= 0.3 is 0 Å². The van der Waals surface area contributed by atoms with Gasteiger partial charge in [-0.1, -0.05) is 36.4 Å². The maximum atomic E-state index is 14.0. The number of fused-ring (bicyclic) bond motifs is 1. The molecule has 10 nitrogen and oxygen atoms in total. The first kappa shape index (κ1) is 25.1. The zero-order chi connectivity index (χ0) is 26.6. The number of carbonyl (C=O) groups is 3. The number of nitro groups is 1. The number of amides is 3. The molecule has 0 radical (unpaired) electrons.